The topological polar surface area (TPSA) is 29.5 Å². The Morgan fingerprint density at radius 2 is 1.88 bits per heavy atom. The fourth-order valence-corrected chi connectivity index (χ4v) is 3.21. The van der Waals surface area contributed by atoms with E-state index in [1.54, 1.807) is 0 Å². The van der Waals surface area contributed by atoms with Gasteiger partial charge in [0.1, 0.15) is 0 Å². The van der Waals surface area contributed by atoms with Gasteiger partial charge < -0.3 is 9.84 Å². The summed E-state index contributed by atoms with van der Waals surface area (Å²) >= 11 is 0. The van der Waals surface area contributed by atoms with Crippen LogP contribution in [0.2, 0.25) is 0 Å². The van der Waals surface area contributed by atoms with E-state index in [1.807, 2.05) is 0 Å². The van der Waals surface area contributed by atoms with Crippen LogP contribution in [0.25, 0.3) is 0 Å². The monoisotopic (exact) mass is 226 g/mol. The molecule has 2 unspecified atom stereocenters. The highest BCUT2D eigenvalue weighted by Crippen LogP contribution is 2.45. The first-order valence-corrected chi connectivity index (χ1v) is 6.68. The third-order valence-corrected chi connectivity index (χ3v) is 4.24. The van der Waals surface area contributed by atoms with Crippen LogP contribution in [0, 0.1) is 11.8 Å². The van der Waals surface area contributed by atoms with Crippen LogP contribution in [-0.4, -0.2) is 22.4 Å². The summed E-state index contributed by atoms with van der Waals surface area (Å²) in [6.45, 7) is 8.73. The maximum absolute atomic E-state index is 9.91. The number of ether oxygens (including phenoxy) is 1. The van der Waals surface area contributed by atoms with Gasteiger partial charge in [0, 0.05) is 0 Å². The average molecular weight is 226 g/mol. The van der Waals surface area contributed by atoms with Crippen LogP contribution in [0.4, 0.5) is 0 Å². The molecule has 2 heteroatoms. The third-order valence-electron chi connectivity index (χ3n) is 4.24. The summed E-state index contributed by atoms with van der Waals surface area (Å²) in [4.78, 5) is 0. The molecule has 0 aromatic rings. The first kappa shape index (κ1) is 12.4. The van der Waals surface area contributed by atoms with Crippen molar-refractivity contribution in [1.29, 1.82) is 0 Å². The molecule has 1 aliphatic heterocycles. The second-order valence-electron chi connectivity index (χ2n) is 6.85. The standard InChI is InChI=1S/C14H26O2/c1-13(2)9-11(14(3,4)16-13)7-8-12(15)10-5-6-10/h10-12,15H,5-9H2,1-4H3. The molecule has 2 aliphatic rings. The second kappa shape index (κ2) is 3.99. The fraction of sp³-hybridized carbons (Fsp3) is 1.00. The van der Waals surface area contributed by atoms with E-state index in [0.29, 0.717) is 11.8 Å². The zero-order valence-corrected chi connectivity index (χ0v) is 11.1. The zero-order valence-electron chi connectivity index (χ0n) is 11.1. The molecule has 2 nitrogen and oxygen atoms in total. The highest BCUT2D eigenvalue weighted by atomic mass is 16.5. The van der Waals surface area contributed by atoms with E-state index in [9.17, 15) is 5.11 Å². The molecule has 94 valence electrons. The van der Waals surface area contributed by atoms with Crippen molar-refractivity contribution in [2.45, 2.75) is 77.1 Å². The van der Waals surface area contributed by atoms with Crippen LogP contribution in [0.1, 0.15) is 59.8 Å². The van der Waals surface area contributed by atoms with Crippen molar-refractivity contribution < 1.29 is 9.84 Å². The second-order valence-corrected chi connectivity index (χ2v) is 6.85. The van der Waals surface area contributed by atoms with E-state index in [1.165, 1.54) is 12.8 Å². The highest BCUT2D eigenvalue weighted by molar-refractivity contribution is 4.94. The number of aliphatic hydroxyl groups excluding tert-OH is 1. The molecule has 2 rings (SSSR count). The molecule has 0 bridgehead atoms. The lowest BCUT2D eigenvalue weighted by Crippen LogP contribution is -2.30. The van der Waals surface area contributed by atoms with E-state index < -0.39 is 0 Å². The predicted molar refractivity (Wildman–Crippen MR) is 65.3 cm³/mol. The molecule has 1 saturated heterocycles. The summed E-state index contributed by atoms with van der Waals surface area (Å²) in [6.07, 6.45) is 5.59. The van der Waals surface area contributed by atoms with E-state index in [-0.39, 0.29) is 17.3 Å². The van der Waals surface area contributed by atoms with Crippen molar-refractivity contribution in [3.8, 4) is 0 Å². The van der Waals surface area contributed by atoms with Gasteiger partial charge in [0.25, 0.3) is 0 Å². The van der Waals surface area contributed by atoms with Crippen molar-refractivity contribution >= 4 is 0 Å². The van der Waals surface area contributed by atoms with Gasteiger partial charge in [0.2, 0.25) is 0 Å². The molecule has 1 N–H and O–H groups in total. The summed E-state index contributed by atoms with van der Waals surface area (Å²) < 4.78 is 6.08. The summed E-state index contributed by atoms with van der Waals surface area (Å²) in [5, 5.41) is 9.91. The van der Waals surface area contributed by atoms with E-state index in [2.05, 4.69) is 27.7 Å². The maximum Gasteiger partial charge on any atom is 0.0662 e. The Balaban J connectivity index is 1.84. The van der Waals surface area contributed by atoms with Crippen LogP contribution in [0.3, 0.4) is 0 Å². The molecule has 0 amide bonds. The Labute approximate surface area is 99.4 Å². The molecular formula is C14H26O2. The lowest BCUT2D eigenvalue weighted by Gasteiger charge is -2.27. The molecule has 2 atom stereocenters. The molecule has 1 saturated carbocycles. The number of hydrogen-bond donors (Lipinski definition) is 1. The molecule has 0 aromatic carbocycles. The van der Waals surface area contributed by atoms with Gasteiger partial charge in [-0.3, -0.25) is 0 Å². The minimum Gasteiger partial charge on any atom is -0.393 e. The van der Waals surface area contributed by atoms with Crippen LogP contribution < -0.4 is 0 Å². The van der Waals surface area contributed by atoms with Gasteiger partial charge in [-0.2, -0.15) is 0 Å². The SMILES string of the molecule is CC1(C)CC(CCC(O)C2CC2)C(C)(C)O1. The number of rotatable bonds is 4. The lowest BCUT2D eigenvalue weighted by molar-refractivity contribution is -0.0760. The van der Waals surface area contributed by atoms with Gasteiger partial charge in [-0.25, -0.2) is 0 Å². The predicted octanol–water partition coefficient (Wildman–Crippen LogP) is 3.13. The lowest BCUT2D eigenvalue weighted by atomic mass is 9.83. The summed E-state index contributed by atoms with van der Waals surface area (Å²) in [5.41, 5.74) is -0.00846. The first-order chi connectivity index (χ1) is 7.30. The zero-order chi connectivity index (χ0) is 12.0. The Hall–Kier alpha value is -0.0800. The van der Waals surface area contributed by atoms with Crippen LogP contribution in [-0.2, 0) is 4.74 Å². The van der Waals surface area contributed by atoms with Crippen molar-refractivity contribution in [3.05, 3.63) is 0 Å². The van der Waals surface area contributed by atoms with Crippen molar-refractivity contribution in [2.24, 2.45) is 11.8 Å². The molecular weight excluding hydrogens is 200 g/mol. The summed E-state index contributed by atoms with van der Waals surface area (Å²) in [6, 6.07) is 0. The largest absolute Gasteiger partial charge is 0.393 e. The minimum absolute atomic E-state index is 0.0126. The van der Waals surface area contributed by atoms with E-state index in [0.717, 1.165) is 19.3 Å². The quantitative estimate of drug-likeness (QED) is 0.798. The Morgan fingerprint density at radius 3 is 2.31 bits per heavy atom. The van der Waals surface area contributed by atoms with Crippen LogP contribution >= 0.6 is 0 Å². The fourth-order valence-electron chi connectivity index (χ4n) is 3.21. The normalized spacial score (nSPS) is 33.9. The van der Waals surface area contributed by atoms with Gasteiger partial charge in [-0.15, -0.1) is 0 Å². The van der Waals surface area contributed by atoms with Crippen LogP contribution in [0.15, 0.2) is 0 Å². The maximum atomic E-state index is 9.91. The summed E-state index contributed by atoms with van der Waals surface area (Å²) in [5.74, 6) is 1.20. The minimum atomic E-state index is -0.0560. The molecule has 0 radical (unpaired) electrons. The smallest absolute Gasteiger partial charge is 0.0662 e. The number of hydrogen-bond acceptors (Lipinski definition) is 2. The van der Waals surface area contributed by atoms with Gasteiger partial charge in [-0.1, -0.05) is 0 Å². The Bertz CT molecular complexity index is 253. The van der Waals surface area contributed by atoms with Crippen LogP contribution in [0.5, 0.6) is 0 Å². The van der Waals surface area contributed by atoms with Gasteiger partial charge in [0.05, 0.1) is 17.3 Å². The first-order valence-electron chi connectivity index (χ1n) is 6.68. The molecule has 1 aliphatic carbocycles. The number of aliphatic hydroxyl groups is 1. The van der Waals surface area contributed by atoms with Gasteiger partial charge in [-0.05, 0) is 71.6 Å². The van der Waals surface area contributed by atoms with Gasteiger partial charge in [0.15, 0.2) is 0 Å². The van der Waals surface area contributed by atoms with Crippen molar-refractivity contribution in [2.75, 3.05) is 0 Å². The Kier molecular flexibility index (Phi) is 3.09. The highest BCUT2D eigenvalue weighted by Gasteiger charge is 2.45. The molecule has 0 spiro atoms. The molecule has 16 heavy (non-hydrogen) atoms. The average Bonchev–Trinajstić information content (AvgIpc) is 2.89. The van der Waals surface area contributed by atoms with E-state index >= 15 is 0 Å². The third kappa shape index (κ3) is 2.78. The molecule has 2 fully saturated rings. The summed E-state index contributed by atoms with van der Waals surface area (Å²) in [7, 11) is 0. The Morgan fingerprint density at radius 1 is 1.25 bits per heavy atom. The molecule has 1 heterocycles. The van der Waals surface area contributed by atoms with E-state index in [4.69, 9.17) is 4.74 Å². The van der Waals surface area contributed by atoms with Crippen molar-refractivity contribution in [3.63, 3.8) is 0 Å². The van der Waals surface area contributed by atoms with Gasteiger partial charge >= 0.3 is 0 Å². The molecule has 0 aromatic heterocycles. The van der Waals surface area contributed by atoms with Crippen molar-refractivity contribution in [1.82, 2.24) is 0 Å².